The van der Waals surface area contributed by atoms with E-state index in [1.165, 1.54) is 37.3 Å². The second-order valence-electron chi connectivity index (χ2n) is 7.85. The number of hydrogen-bond acceptors (Lipinski definition) is 6. The van der Waals surface area contributed by atoms with Crippen molar-refractivity contribution in [1.29, 1.82) is 0 Å². The van der Waals surface area contributed by atoms with Gasteiger partial charge in [0.25, 0.3) is 5.56 Å². The lowest BCUT2D eigenvalue weighted by Gasteiger charge is -2.26. The fourth-order valence-corrected chi connectivity index (χ4v) is 5.99. The third-order valence-corrected chi connectivity index (χ3v) is 7.44. The van der Waals surface area contributed by atoms with Crippen molar-refractivity contribution in [3.63, 3.8) is 0 Å². The lowest BCUT2D eigenvalue weighted by molar-refractivity contribution is -0.140. The summed E-state index contributed by atoms with van der Waals surface area (Å²) in [5.74, 6) is -0.824. The first-order chi connectivity index (χ1) is 18.0. The van der Waals surface area contributed by atoms with Gasteiger partial charge in [-0.1, -0.05) is 46.7 Å². The van der Waals surface area contributed by atoms with Crippen LogP contribution in [0.25, 0.3) is 6.08 Å². The zero-order valence-corrected chi connectivity index (χ0v) is 23.7. The second-order valence-corrected chi connectivity index (χ2v) is 10.6. The summed E-state index contributed by atoms with van der Waals surface area (Å²) in [6.07, 6.45) is -3.53. The number of halogens is 6. The molecule has 0 aliphatic carbocycles. The smallest absolute Gasteiger partial charge is 0.434 e. The molecule has 0 unspecified atom stereocenters. The van der Waals surface area contributed by atoms with Gasteiger partial charge >= 0.3 is 12.1 Å². The summed E-state index contributed by atoms with van der Waals surface area (Å²) in [6.45, 7) is 3.39. The van der Waals surface area contributed by atoms with Crippen molar-refractivity contribution in [3.05, 3.63) is 93.0 Å². The van der Waals surface area contributed by atoms with Gasteiger partial charge in [-0.05, 0) is 65.7 Å². The molecule has 0 fully saturated rings. The minimum Gasteiger partial charge on any atom is -0.492 e. The van der Waals surface area contributed by atoms with E-state index in [1.807, 2.05) is 0 Å². The Morgan fingerprint density at radius 1 is 1.16 bits per heavy atom. The quantitative estimate of drug-likeness (QED) is 0.316. The Bertz CT molecular complexity index is 1620. The third-order valence-electron chi connectivity index (χ3n) is 5.39. The number of aromatic nitrogens is 1. The molecular weight excluding hydrogens is 632 g/mol. The monoisotopic (exact) mass is 648 g/mol. The molecule has 0 N–H and O–H groups in total. The minimum atomic E-state index is -5.00. The van der Waals surface area contributed by atoms with Crippen LogP contribution in [0.15, 0.2) is 61.9 Å². The standard InChI is InChI=1S/C25H18BrCl2F3N2O4S/c1-3-36-20-13(9-15(28)11-16(20)26)10-17-22(34)33-19(12-5-7-14(27)8-6-12)18(23(35)37-4-2)21(25(29,30)31)32-24(33)38-17/h5-11,19H,3-4H2,1-2H3/b17-10-/t19-/m0/s1. The van der Waals surface area contributed by atoms with Gasteiger partial charge in [0.05, 0.1) is 33.8 Å². The van der Waals surface area contributed by atoms with Crippen molar-refractivity contribution in [2.24, 2.45) is 4.99 Å². The van der Waals surface area contributed by atoms with E-state index in [1.54, 1.807) is 19.1 Å². The molecule has 0 bridgehead atoms. The largest absolute Gasteiger partial charge is 0.492 e. The number of carbonyl (C=O) groups excluding carboxylic acids is 1. The Kier molecular flexibility index (Phi) is 8.41. The van der Waals surface area contributed by atoms with Gasteiger partial charge in [-0.15, -0.1) is 0 Å². The van der Waals surface area contributed by atoms with E-state index in [9.17, 15) is 22.8 Å². The molecule has 0 amide bonds. The van der Waals surface area contributed by atoms with Crippen LogP contribution in [-0.4, -0.2) is 29.9 Å². The van der Waals surface area contributed by atoms with Gasteiger partial charge in [-0.2, -0.15) is 13.2 Å². The van der Waals surface area contributed by atoms with E-state index in [0.717, 1.165) is 15.9 Å². The molecule has 1 atom stereocenters. The molecule has 13 heteroatoms. The van der Waals surface area contributed by atoms with Gasteiger partial charge in [0.1, 0.15) is 5.75 Å². The van der Waals surface area contributed by atoms with E-state index in [4.69, 9.17) is 32.7 Å². The second kappa shape index (κ2) is 11.3. The van der Waals surface area contributed by atoms with Gasteiger partial charge in [0, 0.05) is 15.6 Å². The summed E-state index contributed by atoms with van der Waals surface area (Å²) in [4.78, 5) is 30.1. The molecular formula is C25H18BrCl2F3N2O4S. The highest BCUT2D eigenvalue weighted by Crippen LogP contribution is 2.38. The molecule has 200 valence electrons. The van der Waals surface area contributed by atoms with Crippen LogP contribution in [-0.2, 0) is 9.53 Å². The molecule has 0 saturated heterocycles. The van der Waals surface area contributed by atoms with E-state index in [-0.39, 0.29) is 21.5 Å². The topological polar surface area (TPSA) is 69.9 Å². The van der Waals surface area contributed by atoms with Crippen LogP contribution in [0, 0.1) is 0 Å². The molecule has 3 aromatic rings. The maximum Gasteiger partial charge on any atom is 0.434 e. The minimum absolute atomic E-state index is 0.0597. The van der Waals surface area contributed by atoms with E-state index in [0.29, 0.717) is 32.4 Å². The van der Waals surface area contributed by atoms with Crippen LogP contribution in [0.3, 0.4) is 0 Å². The lowest BCUT2D eigenvalue weighted by Crippen LogP contribution is -2.41. The van der Waals surface area contributed by atoms with Crippen LogP contribution < -0.4 is 19.6 Å². The molecule has 1 aliphatic heterocycles. The van der Waals surface area contributed by atoms with Crippen molar-refractivity contribution in [2.45, 2.75) is 26.1 Å². The first kappa shape index (κ1) is 28.4. The van der Waals surface area contributed by atoms with Crippen LogP contribution in [0.5, 0.6) is 5.75 Å². The average Bonchev–Trinajstić information content (AvgIpc) is 3.15. The Labute approximate surface area is 236 Å². The number of benzene rings is 2. The summed E-state index contributed by atoms with van der Waals surface area (Å²) >= 11 is 16.3. The van der Waals surface area contributed by atoms with E-state index >= 15 is 0 Å². The zero-order chi connectivity index (χ0) is 27.8. The van der Waals surface area contributed by atoms with Gasteiger partial charge in [-0.25, -0.2) is 9.79 Å². The van der Waals surface area contributed by atoms with E-state index < -0.39 is 35.0 Å². The maximum absolute atomic E-state index is 14.2. The molecule has 38 heavy (non-hydrogen) atoms. The van der Waals surface area contributed by atoms with Crippen LogP contribution >= 0.6 is 50.5 Å². The van der Waals surface area contributed by atoms with Crippen molar-refractivity contribution in [2.75, 3.05) is 13.2 Å². The predicted octanol–water partition coefficient (Wildman–Crippen LogP) is 5.81. The Balaban J connectivity index is 2.06. The van der Waals surface area contributed by atoms with Crippen molar-refractivity contribution >= 4 is 62.5 Å². The third kappa shape index (κ3) is 5.56. The van der Waals surface area contributed by atoms with Crippen molar-refractivity contribution in [1.82, 2.24) is 4.57 Å². The number of rotatable bonds is 6. The van der Waals surface area contributed by atoms with Gasteiger partial charge in [0.2, 0.25) is 0 Å². The van der Waals surface area contributed by atoms with Crippen molar-refractivity contribution in [3.8, 4) is 5.75 Å². The van der Waals surface area contributed by atoms with Crippen LogP contribution in [0.4, 0.5) is 13.2 Å². The number of thiazole rings is 1. The van der Waals surface area contributed by atoms with Gasteiger partial charge < -0.3 is 9.47 Å². The molecule has 0 radical (unpaired) electrons. The number of allylic oxidation sites excluding steroid dienone is 1. The normalized spacial score (nSPS) is 15.8. The lowest BCUT2D eigenvalue weighted by atomic mass is 9.95. The summed E-state index contributed by atoms with van der Waals surface area (Å²) < 4.78 is 54.9. The summed E-state index contributed by atoms with van der Waals surface area (Å²) in [7, 11) is 0. The zero-order valence-electron chi connectivity index (χ0n) is 19.7. The average molecular weight is 650 g/mol. The number of nitrogens with zero attached hydrogens (tertiary/aromatic N) is 2. The first-order valence-corrected chi connectivity index (χ1v) is 13.5. The Morgan fingerprint density at radius 3 is 2.45 bits per heavy atom. The Hall–Kier alpha value is -2.60. The molecule has 0 saturated carbocycles. The SMILES string of the molecule is CCOC(=O)C1=C(C(F)(F)F)N=c2s/c(=C\c3cc(Cl)cc(Br)c3OCC)c(=O)n2[C@H]1c1ccc(Cl)cc1. The maximum atomic E-state index is 14.2. The predicted molar refractivity (Wildman–Crippen MR) is 143 cm³/mol. The highest BCUT2D eigenvalue weighted by molar-refractivity contribution is 9.10. The summed E-state index contributed by atoms with van der Waals surface area (Å²) in [5.41, 5.74) is -2.22. The van der Waals surface area contributed by atoms with Crippen LogP contribution in [0.1, 0.15) is 31.0 Å². The Morgan fingerprint density at radius 2 is 1.84 bits per heavy atom. The number of alkyl halides is 3. The highest BCUT2D eigenvalue weighted by atomic mass is 79.9. The fraction of sp³-hybridized carbons (Fsp3) is 0.240. The number of carbonyl (C=O) groups is 1. The molecule has 2 aromatic carbocycles. The first-order valence-electron chi connectivity index (χ1n) is 11.1. The van der Waals surface area contributed by atoms with Gasteiger partial charge in [-0.3, -0.25) is 9.36 Å². The molecule has 4 rings (SSSR count). The molecule has 0 spiro atoms. The van der Waals surface area contributed by atoms with Crippen molar-refractivity contribution < 1.29 is 27.4 Å². The summed E-state index contributed by atoms with van der Waals surface area (Å²) in [6, 6.07) is 7.54. The van der Waals surface area contributed by atoms with Gasteiger partial charge in [0.15, 0.2) is 10.5 Å². The molecule has 2 heterocycles. The fourth-order valence-electron chi connectivity index (χ4n) is 3.93. The van der Waals surface area contributed by atoms with E-state index in [2.05, 4.69) is 20.9 Å². The number of esters is 1. The highest BCUT2D eigenvalue weighted by Gasteiger charge is 2.45. The van der Waals surface area contributed by atoms with Crippen LogP contribution in [0.2, 0.25) is 10.0 Å². The molecule has 1 aliphatic rings. The molecule has 1 aromatic heterocycles. The molecule has 6 nitrogen and oxygen atoms in total. The number of fused-ring (bicyclic) bond motifs is 1. The number of ether oxygens (including phenoxy) is 2. The number of hydrogen-bond donors (Lipinski definition) is 0. The summed E-state index contributed by atoms with van der Waals surface area (Å²) in [5, 5.41) is 0.677.